The van der Waals surface area contributed by atoms with E-state index in [1.54, 1.807) is 12.3 Å². The van der Waals surface area contributed by atoms with Crippen molar-refractivity contribution in [2.45, 2.75) is 20.3 Å². The van der Waals surface area contributed by atoms with E-state index in [0.29, 0.717) is 12.3 Å². The molecule has 0 atom stereocenters. The fourth-order valence-corrected chi connectivity index (χ4v) is 1.29. The first-order valence-corrected chi connectivity index (χ1v) is 5.72. The fourth-order valence-electron chi connectivity index (χ4n) is 1.29. The maximum absolute atomic E-state index is 11.2. The number of carbonyl (C=O) groups is 1. The topological polar surface area (TPSA) is 41.5 Å². The van der Waals surface area contributed by atoms with Gasteiger partial charge in [-0.15, -0.1) is 0 Å². The van der Waals surface area contributed by atoms with Crippen LogP contribution in [0.1, 0.15) is 25.8 Å². The van der Waals surface area contributed by atoms with Crippen molar-refractivity contribution in [3.8, 4) is 0 Å². The van der Waals surface area contributed by atoms with Crippen molar-refractivity contribution in [3.63, 3.8) is 0 Å². The van der Waals surface area contributed by atoms with Crippen LogP contribution in [0.2, 0.25) is 0 Å². The zero-order valence-corrected chi connectivity index (χ0v) is 10.3. The van der Waals surface area contributed by atoms with Gasteiger partial charge in [0.1, 0.15) is 0 Å². The predicted molar refractivity (Wildman–Crippen MR) is 71.6 cm³/mol. The number of allylic oxidation sites excluding steroid dienone is 1. The molecule has 0 aromatic heterocycles. The smallest absolute Gasteiger partial charge is 0.240 e. The SMILES string of the molecule is CC(C)CC(=O)N/N=C\C=C\c1ccccc1. The lowest BCUT2D eigenvalue weighted by atomic mass is 10.1. The first kappa shape index (κ1) is 13.2. The van der Waals surface area contributed by atoms with Gasteiger partial charge < -0.3 is 0 Å². The number of hydrazone groups is 1. The van der Waals surface area contributed by atoms with Gasteiger partial charge >= 0.3 is 0 Å². The summed E-state index contributed by atoms with van der Waals surface area (Å²) in [5.74, 6) is 0.300. The average molecular weight is 230 g/mol. The van der Waals surface area contributed by atoms with Gasteiger partial charge in [0.15, 0.2) is 0 Å². The second-order valence-corrected chi connectivity index (χ2v) is 4.18. The molecule has 17 heavy (non-hydrogen) atoms. The van der Waals surface area contributed by atoms with E-state index in [2.05, 4.69) is 10.5 Å². The van der Waals surface area contributed by atoms with Crippen LogP contribution in [0.3, 0.4) is 0 Å². The Morgan fingerprint density at radius 2 is 2.06 bits per heavy atom. The molecular weight excluding hydrogens is 212 g/mol. The minimum absolute atomic E-state index is 0.0515. The standard InChI is InChI=1S/C14H18N2O/c1-12(2)11-14(17)16-15-10-6-9-13-7-4-3-5-8-13/h3-10,12H,11H2,1-2H3,(H,16,17)/b9-6+,15-10-. The molecule has 1 N–H and O–H groups in total. The predicted octanol–water partition coefficient (Wildman–Crippen LogP) is 2.85. The fraction of sp³-hybridized carbons (Fsp3) is 0.286. The Morgan fingerprint density at radius 1 is 1.35 bits per heavy atom. The molecule has 0 bridgehead atoms. The molecule has 1 amide bonds. The van der Waals surface area contributed by atoms with Crippen molar-refractivity contribution in [1.82, 2.24) is 5.43 Å². The molecule has 0 fully saturated rings. The summed E-state index contributed by atoms with van der Waals surface area (Å²) in [5.41, 5.74) is 3.58. The maximum atomic E-state index is 11.2. The normalized spacial score (nSPS) is 11.5. The van der Waals surface area contributed by atoms with Crippen LogP contribution in [0.5, 0.6) is 0 Å². The van der Waals surface area contributed by atoms with Gasteiger partial charge in [0.05, 0.1) is 0 Å². The lowest BCUT2D eigenvalue weighted by molar-refractivity contribution is -0.121. The average Bonchev–Trinajstić information content (AvgIpc) is 2.29. The molecule has 3 nitrogen and oxygen atoms in total. The lowest BCUT2D eigenvalue weighted by Crippen LogP contribution is -2.18. The van der Waals surface area contributed by atoms with E-state index in [-0.39, 0.29) is 5.91 Å². The number of hydrogen-bond donors (Lipinski definition) is 1. The van der Waals surface area contributed by atoms with Gasteiger partial charge in [0.25, 0.3) is 0 Å². The maximum Gasteiger partial charge on any atom is 0.240 e. The number of nitrogens with zero attached hydrogens (tertiary/aromatic N) is 1. The van der Waals surface area contributed by atoms with E-state index in [4.69, 9.17) is 0 Å². The molecule has 0 aliphatic heterocycles. The summed E-state index contributed by atoms with van der Waals surface area (Å²) in [7, 11) is 0. The number of carbonyl (C=O) groups excluding carboxylic acids is 1. The number of benzene rings is 1. The summed E-state index contributed by atoms with van der Waals surface area (Å²) in [6.45, 7) is 4.00. The van der Waals surface area contributed by atoms with Crippen LogP contribution in [0, 0.1) is 5.92 Å². The van der Waals surface area contributed by atoms with E-state index in [1.165, 1.54) is 0 Å². The highest BCUT2D eigenvalue weighted by molar-refractivity contribution is 5.81. The van der Waals surface area contributed by atoms with Gasteiger partial charge in [-0.3, -0.25) is 4.79 Å². The second-order valence-electron chi connectivity index (χ2n) is 4.18. The summed E-state index contributed by atoms with van der Waals surface area (Å²) in [6.07, 6.45) is 5.80. The lowest BCUT2D eigenvalue weighted by Gasteiger charge is -2.01. The molecule has 0 heterocycles. The van der Waals surface area contributed by atoms with E-state index in [1.807, 2.05) is 50.3 Å². The molecule has 90 valence electrons. The van der Waals surface area contributed by atoms with Crippen LogP contribution in [-0.2, 0) is 4.79 Å². The Balaban J connectivity index is 2.31. The summed E-state index contributed by atoms with van der Waals surface area (Å²) in [5, 5.41) is 3.83. The van der Waals surface area contributed by atoms with Gasteiger partial charge in [-0.25, -0.2) is 5.43 Å². The number of hydrogen-bond acceptors (Lipinski definition) is 2. The van der Waals surface area contributed by atoms with Crippen molar-refractivity contribution >= 4 is 18.2 Å². The van der Waals surface area contributed by atoms with Gasteiger partial charge in [-0.05, 0) is 17.6 Å². The summed E-state index contributed by atoms with van der Waals surface area (Å²) in [4.78, 5) is 11.2. The highest BCUT2D eigenvalue weighted by atomic mass is 16.2. The molecule has 0 saturated heterocycles. The molecule has 0 unspecified atom stereocenters. The van der Waals surface area contributed by atoms with Crippen LogP contribution >= 0.6 is 0 Å². The minimum atomic E-state index is -0.0515. The molecule has 3 heteroatoms. The summed E-state index contributed by atoms with van der Waals surface area (Å²) >= 11 is 0. The van der Waals surface area contributed by atoms with E-state index in [0.717, 1.165) is 5.56 Å². The summed E-state index contributed by atoms with van der Waals surface area (Å²) < 4.78 is 0. The van der Waals surface area contributed by atoms with E-state index < -0.39 is 0 Å². The first-order chi connectivity index (χ1) is 8.18. The number of amides is 1. The quantitative estimate of drug-likeness (QED) is 0.613. The third kappa shape index (κ3) is 6.30. The van der Waals surface area contributed by atoms with Gasteiger partial charge in [0.2, 0.25) is 5.91 Å². The van der Waals surface area contributed by atoms with Crippen LogP contribution in [-0.4, -0.2) is 12.1 Å². The zero-order valence-electron chi connectivity index (χ0n) is 10.3. The monoisotopic (exact) mass is 230 g/mol. The van der Waals surface area contributed by atoms with Crippen molar-refractivity contribution in [2.75, 3.05) is 0 Å². The van der Waals surface area contributed by atoms with Crippen molar-refractivity contribution < 1.29 is 4.79 Å². The molecule has 1 rings (SSSR count). The van der Waals surface area contributed by atoms with Crippen LogP contribution in [0.15, 0.2) is 41.5 Å². The molecule has 0 saturated carbocycles. The molecule has 0 radical (unpaired) electrons. The first-order valence-electron chi connectivity index (χ1n) is 5.72. The highest BCUT2D eigenvalue weighted by Gasteiger charge is 2.01. The van der Waals surface area contributed by atoms with Crippen molar-refractivity contribution in [3.05, 3.63) is 42.0 Å². The van der Waals surface area contributed by atoms with Crippen molar-refractivity contribution in [2.24, 2.45) is 11.0 Å². The molecule has 0 spiro atoms. The molecule has 0 aliphatic carbocycles. The van der Waals surface area contributed by atoms with Crippen molar-refractivity contribution in [1.29, 1.82) is 0 Å². The van der Waals surface area contributed by atoms with Gasteiger partial charge in [-0.1, -0.05) is 50.3 Å². The third-order valence-corrected chi connectivity index (χ3v) is 2.03. The Labute approximate surface area is 102 Å². The Bertz CT molecular complexity index is 394. The van der Waals surface area contributed by atoms with Gasteiger partial charge in [-0.2, -0.15) is 5.10 Å². The molecule has 1 aromatic rings. The largest absolute Gasteiger partial charge is 0.273 e. The Kier molecular flexibility index (Phi) is 5.72. The minimum Gasteiger partial charge on any atom is -0.273 e. The van der Waals surface area contributed by atoms with Crippen LogP contribution in [0.4, 0.5) is 0 Å². The van der Waals surface area contributed by atoms with Gasteiger partial charge in [0, 0.05) is 12.6 Å². The summed E-state index contributed by atoms with van der Waals surface area (Å²) in [6, 6.07) is 9.92. The number of nitrogens with one attached hydrogen (secondary N) is 1. The second kappa shape index (κ2) is 7.39. The Morgan fingerprint density at radius 3 is 2.71 bits per heavy atom. The van der Waals surface area contributed by atoms with Crippen LogP contribution in [0.25, 0.3) is 6.08 Å². The molecule has 1 aromatic carbocycles. The van der Waals surface area contributed by atoms with E-state index in [9.17, 15) is 4.79 Å². The zero-order chi connectivity index (χ0) is 12.5. The third-order valence-electron chi connectivity index (χ3n) is 2.03. The molecule has 0 aliphatic rings. The van der Waals surface area contributed by atoms with Crippen LogP contribution < -0.4 is 5.43 Å². The Hall–Kier alpha value is -1.90. The number of rotatable bonds is 5. The highest BCUT2D eigenvalue weighted by Crippen LogP contribution is 2.00. The molecular formula is C14H18N2O. The van der Waals surface area contributed by atoms with E-state index >= 15 is 0 Å².